The van der Waals surface area contributed by atoms with Crippen molar-refractivity contribution in [2.75, 3.05) is 0 Å². The number of pyridine rings is 1. The van der Waals surface area contributed by atoms with Gasteiger partial charge in [0.2, 0.25) is 0 Å². The van der Waals surface area contributed by atoms with Gasteiger partial charge in [-0.3, -0.25) is 4.57 Å². The molecule has 0 fully saturated rings. The van der Waals surface area contributed by atoms with E-state index in [9.17, 15) is 0 Å². The highest BCUT2D eigenvalue weighted by atomic mass is 35.5. The van der Waals surface area contributed by atoms with Gasteiger partial charge in [-0.05, 0) is 12.5 Å². The third-order valence-corrected chi connectivity index (χ3v) is 2.69. The van der Waals surface area contributed by atoms with Gasteiger partial charge in [0.1, 0.15) is 5.82 Å². The molecule has 0 radical (unpaired) electrons. The van der Waals surface area contributed by atoms with Crippen LogP contribution in [-0.4, -0.2) is 14.5 Å². The lowest BCUT2D eigenvalue weighted by molar-refractivity contribution is 0.798. The Hall–Kier alpha value is -1.06. The fourth-order valence-corrected chi connectivity index (χ4v) is 1.99. The monoisotopic (exact) mass is 255 g/mol. The Morgan fingerprint density at radius 3 is 2.81 bits per heavy atom. The molecule has 2 heterocycles. The van der Waals surface area contributed by atoms with Crippen LogP contribution in [0.5, 0.6) is 0 Å². The number of hydrogen-bond acceptors (Lipinski definition) is 2. The molecule has 0 aliphatic rings. The van der Waals surface area contributed by atoms with E-state index in [2.05, 4.69) is 16.9 Å². The number of nitrogens with zero attached hydrogens (tertiary/aromatic N) is 3. The van der Waals surface area contributed by atoms with Crippen LogP contribution in [0.2, 0.25) is 10.0 Å². The van der Waals surface area contributed by atoms with Crippen molar-refractivity contribution < 1.29 is 0 Å². The first-order valence-electron chi connectivity index (χ1n) is 5.06. The van der Waals surface area contributed by atoms with Gasteiger partial charge >= 0.3 is 0 Å². The SMILES string of the molecule is CCCc1nccn1-c1ncc(Cl)cc1Cl. The molecule has 0 saturated carbocycles. The van der Waals surface area contributed by atoms with E-state index in [0.29, 0.717) is 15.9 Å². The van der Waals surface area contributed by atoms with Gasteiger partial charge in [0.25, 0.3) is 0 Å². The topological polar surface area (TPSA) is 30.7 Å². The van der Waals surface area contributed by atoms with Crippen LogP contribution in [0.25, 0.3) is 5.82 Å². The molecule has 84 valence electrons. The summed E-state index contributed by atoms with van der Waals surface area (Å²) < 4.78 is 1.89. The van der Waals surface area contributed by atoms with E-state index in [4.69, 9.17) is 23.2 Å². The summed E-state index contributed by atoms with van der Waals surface area (Å²) in [4.78, 5) is 8.50. The van der Waals surface area contributed by atoms with Crippen LogP contribution < -0.4 is 0 Å². The molecule has 2 aromatic rings. The lowest BCUT2D eigenvalue weighted by atomic mass is 10.3. The maximum absolute atomic E-state index is 6.10. The predicted octanol–water partition coefficient (Wildman–Crippen LogP) is 3.53. The summed E-state index contributed by atoms with van der Waals surface area (Å²) >= 11 is 11.9. The molecule has 0 bridgehead atoms. The second-order valence-electron chi connectivity index (χ2n) is 3.42. The van der Waals surface area contributed by atoms with E-state index in [-0.39, 0.29) is 0 Å². The van der Waals surface area contributed by atoms with Crippen LogP contribution in [0.4, 0.5) is 0 Å². The van der Waals surface area contributed by atoms with Crippen LogP contribution in [0.15, 0.2) is 24.7 Å². The summed E-state index contributed by atoms with van der Waals surface area (Å²) in [6, 6.07) is 1.68. The first-order valence-corrected chi connectivity index (χ1v) is 5.81. The number of halogens is 2. The van der Waals surface area contributed by atoms with Gasteiger partial charge in [-0.15, -0.1) is 0 Å². The number of hydrogen-bond donors (Lipinski definition) is 0. The molecule has 0 aliphatic heterocycles. The Morgan fingerprint density at radius 1 is 1.31 bits per heavy atom. The summed E-state index contributed by atoms with van der Waals surface area (Å²) in [6.45, 7) is 2.11. The third-order valence-electron chi connectivity index (χ3n) is 2.21. The van der Waals surface area contributed by atoms with Gasteiger partial charge in [-0.2, -0.15) is 0 Å². The molecule has 2 aromatic heterocycles. The number of rotatable bonds is 3. The Balaban J connectivity index is 2.46. The first-order chi connectivity index (χ1) is 7.72. The Bertz CT molecular complexity index is 494. The summed E-state index contributed by atoms with van der Waals surface area (Å²) in [5, 5.41) is 1.06. The minimum Gasteiger partial charge on any atom is -0.287 e. The average molecular weight is 256 g/mol. The standard InChI is InChI=1S/C11H11Cl2N3/c1-2-3-10-14-4-5-16(10)11-9(13)6-8(12)7-15-11/h4-7H,2-3H2,1H3. The van der Waals surface area contributed by atoms with Gasteiger partial charge < -0.3 is 0 Å². The van der Waals surface area contributed by atoms with Crippen molar-refractivity contribution in [1.29, 1.82) is 0 Å². The summed E-state index contributed by atoms with van der Waals surface area (Å²) in [5.74, 6) is 1.63. The van der Waals surface area contributed by atoms with Crippen LogP contribution in [0, 0.1) is 0 Å². The minimum absolute atomic E-state index is 0.530. The van der Waals surface area contributed by atoms with E-state index in [0.717, 1.165) is 18.7 Å². The van der Waals surface area contributed by atoms with Crippen molar-refractivity contribution in [1.82, 2.24) is 14.5 Å². The highest BCUT2D eigenvalue weighted by Gasteiger charge is 2.09. The molecule has 0 aromatic carbocycles. The van der Waals surface area contributed by atoms with Crippen molar-refractivity contribution in [3.05, 3.63) is 40.5 Å². The van der Waals surface area contributed by atoms with E-state index >= 15 is 0 Å². The van der Waals surface area contributed by atoms with E-state index in [1.807, 2.05) is 10.8 Å². The Morgan fingerprint density at radius 2 is 2.12 bits per heavy atom. The van der Waals surface area contributed by atoms with Crippen LogP contribution >= 0.6 is 23.2 Å². The van der Waals surface area contributed by atoms with Gasteiger partial charge in [-0.1, -0.05) is 30.1 Å². The second-order valence-corrected chi connectivity index (χ2v) is 4.27. The molecule has 0 amide bonds. The van der Waals surface area contributed by atoms with Crippen LogP contribution in [0.3, 0.4) is 0 Å². The Kier molecular flexibility index (Phi) is 3.46. The van der Waals surface area contributed by atoms with E-state index in [1.165, 1.54) is 0 Å². The highest BCUT2D eigenvalue weighted by Crippen LogP contribution is 2.22. The third kappa shape index (κ3) is 2.20. The smallest absolute Gasteiger partial charge is 0.156 e. The highest BCUT2D eigenvalue weighted by molar-refractivity contribution is 6.35. The number of aromatic nitrogens is 3. The minimum atomic E-state index is 0.530. The molecular weight excluding hydrogens is 245 g/mol. The van der Waals surface area contributed by atoms with E-state index < -0.39 is 0 Å². The maximum Gasteiger partial charge on any atom is 0.156 e. The van der Waals surface area contributed by atoms with Crippen molar-refractivity contribution >= 4 is 23.2 Å². The predicted molar refractivity (Wildman–Crippen MR) is 65.4 cm³/mol. The fraction of sp³-hybridized carbons (Fsp3) is 0.273. The summed E-state index contributed by atoms with van der Waals surface area (Å²) in [7, 11) is 0. The van der Waals surface area contributed by atoms with Crippen molar-refractivity contribution in [2.45, 2.75) is 19.8 Å². The molecule has 0 N–H and O–H groups in total. The molecule has 0 saturated heterocycles. The summed E-state index contributed by atoms with van der Waals surface area (Å²) in [6.07, 6.45) is 7.11. The normalized spacial score (nSPS) is 10.7. The Labute approximate surface area is 104 Å². The second kappa shape index (κ2) is 4.85. The molecule has 3 nitrogen and oxygen atoms in total. The van der Waals surface area contributed by atoms with Crippen LogP contribution in [-0.2, 0) is 6.42 Å². The lowest BCUT2D eigenvalue weighted by Gasteiger charge is -2.07. The summed E-state index contributed by atoms with van der Waals surface area (Å²) in [5.41, 5.74) is 0. The number of imidazole rings is 1. The zero-order chi connectivity index (χ0) is 11.5. The fourth-order valence-electron chi connectivity index (χ4n) is 1.52. The van der Waals surface area contributed by atoms with Gasteiger partial charge in [0, 0.05) is 25.0 Å². The quantitative estimate of drug-likeness (QED) is 0.841. The van der Waals surface area contributed by atoms with Gasteiger partial charge in [0.05, 0.1) is 10.0 Å². The molecule has 0 atom stereocenters. The molecule has 5 heteroatoms. The zero-order valence-electron chi connectivity index (χ0n) is 8.82. The molecule has 2 rings (SSSR count). The van der Waals surface area contributed by atoms with Crippen molar-refractivity contribution in [3.63, 3.8) is 0 Å². The van der Waals surface area contributed by atoms with Gasteiger partial charge in [0.15, 0.2) is 5.82 Å². The first kappa shape index (κ1) is 11.4. The largest absolute Gasteiger partial charge is 0.287 e. The zero-order valence-corrected chi connectivity index (χ0v) is 10.3. The van der Waals surface area contributed by atoms with E-state index in [1.54, 1.807) is 18.5 Å². The van der Waals surface area contributed by atoms with Gasteiger partial charge in [-0.25, -0.2) is 9.97 Å². The molecular formula is C11H11Cl2N3. The molecule has 16 heavy (non-hydrogen) atoms. The maximum atomic E-state index is 6.10. The molecule has 0 aliphatic carbocycles. The molecule has 0 unspecified atom stereocenters. The van der Waals surface area contributed by atoms with Crippen molar-refractivity contribution in [2.24, 2.45) is 0 Å². The van der Waals surface area contributed by atoms with Crippen molar-refractivity contribution in [3.8, 4) is 5.82 Å². The average Bonchev–Trinajstić information content (AvgIpc) is 2.67. The number of aryl methyl sites for hydroxylation is 1. The van der Waals surface area contributed by atoms with Crippen LogP contribution in [0.1, 0.15) is 19.2 Å². The molecule has 0 spiro atoms. The lowest BCUT2D eigenvalue weighted by Crippen LogP contribution is -2.03.